The fourth-order valence-electron chi connectivity index (χ4n) is 3.79. The van der Waals surface area contributed by atoms with E-state index in [4.69, 9.17) is 0 Å². The number of rotatable bonds is 5. The van der Waals surface area contributed by atoms with Crippen molar-refractivity contribution in [3.8, 4) is 6.07 Å². The summed E-state index contributed by atoms with van der Waals surface area (Å²) in [6.07, 6.45) is 1.70. The Bertz CT molecular complexity index is 979. The van der Waals surface area contributed by atoms with Crippen LogP contribution in [0, 0.1) is 25.2 Å². The number of para-hydroxylation sites is 1. The number of amides is 1. The summed E-state index contributed by atoms with van der Waals surface area (Å²) in [5, 5.41) is 12.5. The number of piperazine rings is 1. The largest absolute Gasteiger partial charge is 0.373 e. The number of benzene rings is 2. The van der Waals surface area contributed by atoms with Gasteiger partial charge in [0.05, 0.1) is 0 Å². The molecule has 0 aliphatic carbocycles. The number of nitriles is 1. The van der Waals surface area contributed by atoms with Crippen LogP contribution in [-0.4, -0.2) is 37.0 Å². The van der Waals surface area contributed by atoms with Crippen molar-refractivity contribution in [2.45, 2.75) is 33.6 Å². The maximum atomic E-state index is 12.7. The molecule has 0 aromatic heterocycles. The van der Waals surface area contributed by atoms with Crippen molar-refractivity contribution in [3.63, 3.8) is 0 Å². The van der Waals surface area contributed by atoms with Crippen LogP contribution in [0.5, 0.6) is 0 Å². The van der Waals surface area contributed by atoms with Crippen LogP contribution in [0.1, 0.15) is 36.5 Å². The van der Waals surface area contributed by atoms with E-state index in [0.29, 0.717) is 0 Å². The standard InChI is InChI=1S/C25H30N4O/c1-18(2)22-9-5-6-10-23(22)27-25(30)21(16-26)17-28-12-14-29(15-13-28)24-11-7-8-19(3)20(24)4/h5-11,17-18H,12-15H2,1-4H3,(H,27,30)/b21-17-. The number of carbonyl (C=O) groups is 1. The monoisotopic (exact) mass is 402 g/mol. The van der Waals surface area contributed by atoms with E-state index in [2.05, 4.69) is 67.1 Å². The molecule has 2 aromatic carbocycles. The van der Waals surface area contributed by atoms with Crippen LogP contribution in [0.3, 0.4) is 0 Å². The Morgan fingerprint density at radius 1 is 1.07 bits per heavy atom. The van der Waals surface area contributed by atoms with Crippen molar-refractivity contribution in [1.82, 2.24) is 4.90 Å². The molecule has 2 aromatic rings. The summed E-state index contributed by atoms with van der Waals surface area (Å²) in [7, 11) is 0. The molecule has 0 bridgehead atoms. The molecule has 1 heterocycles. The molecule has 30 heavy (non-hydrogen) atoms. The molecule has 5 nitrogen and oxygen atoms in total. The van der Waals surface area contributed by atoms with Crippen LogP contribution < -0.4 is 10.2 Å². The first-order valence-corrected chi connectivity index (χ1v) is 10.5. The third kappa shape index (κ3) is 4.83. The minimum Gasteiger partial charge on any atom is -0.373 e. The lowest BCUT2D eigenvalue weighted by Crippen LogP contribution is -2.44. The number of nitrogens with one attached hydrogen (secondary N) is 1. The molecule has 5 heteroatoms. The molecule has 3 rings (SSSR count). The van der Waals surface area contributed by atoms with Crippen LogP contribution in [0.4, 0.5) is 11.4 Å². The zero-order chi connectivity index (χ0) is 21.7. The summed E-state index contributed by atoms with van der Waals surface area (Å²) in [5.74, 6) is -0.0725. The molecule has 0 radical (unpaired) electrons. The van der Waals surface area contributed by atoms with Crippen molar-refractivity contribution in [3.05, 3.63) is 70.9 Å². The fraction of sp³-hybridized carbons (Fsp3) is 0.360. The topological polar surface area (TPSA) is 59.4 Å². The van der Waals surface area contributed by atoms with Gasteiger partial charge in [0.2, 0.25) is 0 Å². The molecule has 1 fully saturated rings. The average Bonchev–Trinajstić information content (AvgIpc) is 2.74. The Labute approximate surface area is 179 Å². The lowest BCUT2D eigenvalue weighted by molar-refractivity contribution is -0.112. The van der Waals surface area contributed by atoms with Gasteiger partial charge in [-0.1, -0.05) is 44.2 Å². The second kappa shape index (κ2) is 9.49. The number of nitrogens with zero attached hydrogens (tertiary/aromatic N) is 3. The fourth-order valence-corrected chi connectivity index (χ4v) is 3.79. The predicted molar refractivity (Wildman–Crippen MR) is 123 cm³/mol. The molecular weight excluding hydrogens is 372 g/mol. The van der Waals surface area contributed by atoms with Gasteiger partial charge in [-0.25, -0.2) is 0 Å². The summed E-state index contributed by atoms with van der Waals surface area (Å²) < 4.78 is 0. The molecule has 1 amide bonds. The van der Waals surface area contributed by atoms with Crippen molar-refractivity contribution in [2.24, 2.45) is 0 Å². The summed E-state index contributed by atoms with van der Waals surface area (Å²) in [6.45, 7) is 11.7. The highest BCUT2D eigenvalue weighted by Crippen LogP contribution is 2.25. The lowest BCUT2D eigenvalue weighted by atomic mass is 10.0. The SMILES string of the molecule is Cc1cccc(N2CCN(/C=C(/C#N)C(=O)Nc3ccccc3C(C)C)CC2)c1C. The third-order valence-corrected chi connectivity index (χ3v) is 5.74. The zero-order valence-corrected chi connectivity index (χ0v) is 18.3. The Hall–Kier alpha value is -3.26. The summed E-state index contributed by atoms with van der Waals surface area (Å²) in [5.41, 5.74) is 5.82. The van der Waals surface area contributed by atoms with Crippen LogP contribution >= 0.6 is 0 Å². The first-order valence-electron chi connectivity index (χ1n) is 10.5. The van der Waals surface area contributed by atoms with Gasteiger partial charge in [-0.15, -0.1) is 0 Å². The van der Waals surface area contributed by atoms with Crippen molar-refractivity contribution < 1.29 is 4.79 Å². The Balaban J connectivity index is 1.67. The second-order valence-corrected chi connectivity index (χ2v) is 8.09. The van der Waals surface area contributed by atoms with Gasteiger partial charge in [0.1, 0.15) is 11.6 Å². The van der Waals surface area contributed by atoms with E-state index in [9.17, 15) is 10.1 Å². The Kier molecular flexibility index (Phi) is 6.79. The maximum Gasteiger partial charge on any atom is 0.267 e. The molecule has 1 N–H and O–H groups in total. The van der Waals surface area contributed by atoms with Crippen LogP contribution in [0.2, 0.25) is 0 Å². The quantitative estimate of drug-likeness (QED) is 0.587. The first-order chi connectivity index (χ1) is 14.4. The van der Waals surface area contributed by atoms with Crippen LogP contribution in [0.15, 0.2) is 54.2 Å². The van der Waals surface area contributed by atoms with Gasteiger partial charge >= 0.3 is 0 Å². The van der Waals surface area contributed by atoms with E-state index in [-0.39, 0.29) is 17.4 Å². The summed E-state index contributed by atoms with van der Waals surface area (Å²) in [4.78, 5) is 17.2. The molecule has 1 aliphatic heterocycles. The highest BCUT2D eigenvalue weighted by molar-refractivity contribution is 6.06. The molecule has 0 unspecified atom stereocenters. The van der Waals surface area contributed by atoms with Crippen molar-refractivity contribution >= 4 is 17.3 Å². The highest BCUT2D eigenvalue weighted by Gasteiger charge is 2.19. The maximum absolute atomic E-state index is 12.7. The first kappa shape index (κ1) is 21.4. The molecule has 0 atom stereocenters. The number of aryl methyl sites for hydroxylation is 1. The number of anilines is 2. The minimum absolute atomic E-state index is 0.133. The van der Waals surface area contributed by atoms with Gasteiger partial charge in [-0.05, 0) is 48.6 Å². The second-order valence-electron chi connectivity index (χ2n) is 8.09. The molecule has 1 aliphatic rings. The van der Waals surface area contributed by atoms with Crippen molar-refractivity contribution in [2.75, 3.05) is 36.4 Å². The summed E-state index contributed by atoms with van der Waals surface area (Å²) >= 11 is 0. The van der Waals surface area contributed by atoms with Crippen LogP contribution in [0.25, 0.3) is 0 Å². The van der Waals surface area contributed by atoms with E-state index < -0.39 is 0 Å². The highest BCUT2D eigenvalue weighted by atomic mass is 16.1. The molecule has 156 valence electrons. The summed E-state index contributed by atoms with van der Waals surface area (Å²) in [6, 6.07) is 16.2. The normalized spacial score (nSPS) is 14.6. The number of hydrogen-bond acceptors (Lipinski definition) is 4. The van der Waals surface area contributed by atoms with Gasteiger partial charge in [0, 0.05) is 43.8 Å². The minimum atomic E-state index is -0.359. The van der Waals surface area contributed by atoms with Gasteiger partial charge in [-0.3, -0.25) is 4.79 Å². The lowest BCUT2D eigenvalue weighted by Gasteiger charge is -2.36. The molecular formula is C25H30N4O. The number of carbonyl (C=O) groups excluding carboxylic acids is 1. The predicted octanol–water partition coefficient (Wildman–Crippen LogP) is 4.60. The molecule has 0 saturated carbocycles. The van der Waals surface area contributed by atoms with Gasteiger partial charge < -0.3 is 15.1 Å². The molecule has 1 saturated heterocycles. The Morgan fingerprint density at radius 2 is 1.77 bits per heavy atom. The smallest absolute Gasteiger partial charge is 0.267 e. The average molecular weight is 403 g/mol. The van der Waals surface area contributed by atoms with Crippen molar-refractivity contribution in [1.29, 1.82) is 5.26 Å². The Morgan fingerprint density at radius 3 is 2.43 bits per heavy atom. The van der Waals surface area contributed by atoms with Gasteiger partial charge in [0.25, 0.3) is 5.91 Å². The van der Waals surface area contributed by atoms with E-state index in [1.165, 1.54) is 16.8 Å². The van der Waals surface area contributed by atoms with Crippen LogP contribution in [-0.2, 0) is 4.79 Å². The van der Waals surface area contributed by atoms with E-state index in [1.807, 2.05) is 24.3 Å². The van der Waals surface area contributed by atoms with Gasteiger partial charge in [0.15, 0.2) is 0 Å². The van der Waals surface area contributed by atoms with E-state index in [1.54, 1.807) is 6.20 Å². The number of hydrogen-bond donors (Lipinski definition) is 1. The van der Waals surface area contributed by atoms with E-state index in [0.717, 1.165) is 37.4 Å². The van der Waals surface area contributed by atoms with Gasteiger partial charge in [-0.2, -0.15) is 5.26 Å². The van der Waals surface area contributed by atoms with E-state index >= 15 is 0 Å². The molecule has 0 spiro atoms. The zero-order valence-electron chi connectivity index (χ0n) is 18.3. The third-order valence-electron chi connectivity index (χ3n) is 5.74.